The molecule has 0 aromatic heterocycles. The molecule has 2 unspecified atom stereocenters. The van der Waals surface area contributed by atoms with Crippen molar-refractivity contribution in [2.24, 2.45) is 4.99 Å². The zero-order valence-electron chi connectivity index (χ0n) is 17.8. The quantitative estimate of drug-likeness (QED) is 0.536. The van der Waals surface area contributed by atoms with Crippen molar-refractivity contribution in [2.75, 3.05) is 40.4 Å². The van der Waals surface area contributed by atoms with Gasteiger partial charge in [0.25, 0.3) is 0 Å². The van der Waals surface area contributed by atoms with Crippen LogP contribution in [-0.4, -0.2) is 56.4 Å². The Bertz CT molecular complexity index is 852. The highest BCUT2D eigenvalue weighted by Gasteiger charge is 2.27. The molecule has 7 heteroatoms. The summed E-state index contributed by atoms with van der Waals surface area (Å²) in [5, 5.41) is 13.7. The van der Waals surface area contributed by atoms with E-state index in [0.717, 1.165) is 42.5 Å². The molecule has 6 nitrogen and oxygen atoms in total. The van der Waals surface area contributed by atoms with E-state index < -0.39 is 11.9 Å². The molecule has 1 saturated heterocycles. The molecule has 1 aliphatic rings. The summed E-state index contributed by atoms with van der Waals surface area (Å²) in [4.78, 5) is 6.75. The number of nitrogens with one attached hydrogen (secondary N) is 1. The number of aliphatic hydroxyl groups is 1. The summed E-state index contributed by atoms with van der Waals surface area (Å²) < 4.78 is 24.7. The number of aliphatic hydroxyl groups excluding tert-OH is 1. The number of aliphatic imine (C=N–C) groups is 1. The van der Waals surface area contributed by atoms with Gasteiger partial charge in [-0.05, 0) is 37.1 Å². The fourth-order valence-electron chi connectivity index (χ4n) is 3.73. The minimum Gasteiger partial charge on any atom is -0.497 e. The fraction of sp³-hybridized carbons (Fsp3) is 0.435. The third-order valence-corrected chi connectivity index (χ3v) is 5.35. The van der Waals surface area contributed by atoms with Crippen molar-refractivity contribution in [3.63, 3.8) is 0 Å². The van der Waals surface area contributed by atoms with Crippen LogP contribution in [0.15, 0.2) is 47.5 Å². The molecule has 0 spiro atoms. The SMILES string of the molecule is CCNC(=NCC(O)c1ccccc1F)N1CCC(c2cc(OC)cc(OC)c2)C1. The number of rotatable bonds is 7. The number of benzene rings is 2. The second kappa shape index (κ2) is 10.3. The summed E-state index contributed by atoms with van der Waals surface area (Å²) in [5.41, 5.74) is 1.43. The molecule has 0 amide bonds. The predicted octanol–water partition coefficient (Wildman–Crippen LogP) is 3.33. The number of nitrogens with zero attached hydrogens (tertiary/aromatic N) is 2. The van der Waals surface area contributed by atoms with Crippen molar-refractivity contribution < 1.29 is 19.0 Å². The van der Waals surface area contributed by atoms with Crippen molar-refractivity contribution in [3.8, 4) is 11.5 Å². The van der Waals surface area contributed by atoms with Crippen LogP contribution < -0.4 is 14.8 Å². The van der Waals surface area contributed by atoms with Gasteiger partial charge in [-0.25, -0.2) is 4.39 Å². The van der Waals surface area contributed by atoms with Gasteiger partial charge < -0.3 is 24.8 Å². The van der Waals surface area contributed by atoms with Crippen LogP contribution in [0.4, 0.5) is 4.39 Å². The van der Waals surface area contributed by atoms with E-state index in [9.17, 15) is 9.50 Å². The van der Waals surface area contributed by atoms with Gasteiger partial charge in [0.2, 0.25) is 0 Å². The van der Waals surface area contributed by atoms with Gasteiger partial charge in [0.15, 0.2) is 5.96 Å². The van der Waals surface area contributed by atoms with Gasteiger partial charge in [0.1, 0.15) is 23.4 Å². The number of hydrogen-bond donors (Lipinski definition) is 2. The van der Waals surface area contributed by atoms with E-state index in [1.807, 2.05) is 25.1 Å². The lowest BCUT2D eigenvalue weighted by molar-refractivity contribution is 0.181. The maximum absolute atomic E-state index is 13.9. The third-order valence-electron chi connectivity index (χ3n) is 5.35. The average Bonchev–Trinajstić information content (AvgIpc) is 3.26. The first kappa shape index (κ1) is 21.9. The van der Waals surface area contributed by atoms with E-state index in [1.165, 1.54) is 6.07 Å². The predicted molar refractivity (Wildman–Crippen MR) is 116 cm³/mol. The summed E-state index contributed by atoms with van der Waals surface area (Å²) in [7, 11) is 3.30. The van der Waals surface area contributed by atoms with Crippen molar-refractivity contribution >= 4 is 5.96 Å². The first-order valence-electron chi connectivity index (χ1n) is 10.2. The minimum atomic E-state index is -0.985. The lowest BCUT2D eigenvalue weighted by Gasteiger charge is -2.22. The largest absolute Gasteiger partial charge is 0.497 e. The van der Waals surface area contributed by atoms with Crippen molar-refractivity contribution in [3.05, 3.63) is 59.4 Å². The van der Waals surface area contributed by atoms with Crippen LogP contribution in [0.2, 0.25) is 0 Å². The second-order valence-electron chi connectivity index (χ2n) is 7.31. The number of halogens is 1. The zero-order valence-corrected chi connectivity index (χ0v) is 17.8. The van der Waals surface area contributed by atoms with E-state index in [-0.39, 0.29) is 12.1 Å². The van der Waals surface area contributed by atoms with E-state index >= 15 is 0 Å². The number of ether oxygens (including phenoxy) is 2. The highest BCUT2D eigenvalue weighted by Crippen LogP contribution is 2.33. The summed E-state index contributed by atoms with van der Waals surface area (Å²) in [6.07, 6.45) is -0.0164. The van der Waals surface area contributed by atoms with Crippen molar-refractivity contribution in [1.29, 1.82) is 0 Å². The molecule has 2 aromatic carbocycles. The standard InChI is InChI=1S/C23H30FN3O3/c1-4-25-23(26-14-22(28)20-7-5-6-8-21(20)24)27-10-9-16(15-27)17-11-18(29-2)13-19(12-17)30-3/h5-8,11-13,16,22,28H,4,9-10,14-15H2,1-3H3,(H,25,26). The Morgan fingerprint density at radius 3 is 2.57 bits per heavy atom. The van der Waals surface area contributed by atoms with E-state index in [1.54, 1.807) is 32.4 Å². The molecule has 0 aliphatic carbocycles. The van der Waals surface area contributed by atoms with E-state index in [4.69, 9.17) is 9.47 Å². The van der Waals surface area contributed by atoms with Gasteiger partial charge in [-0.15, -0.1) is 0 Å². The fourth-order valence-corrected chi connectivity index (χ4v) is 3.73. The summed E-state index contributed by atoms with van der Waals surface area (Å²) in [6.45, 7) is 4.44. The average molecular weight is 416 g/mol. The van der Waals surface area contributed by atoms with Crippen LogP contribution in [0.25, 0.3) is 0 Å². The molecule has 0 saturated carbocycles. The minimum absolute atomic E-state index is 0.0947. The van der Waals surface area contributed by atoms with Crippen LogP contribution in [-0.2, 0) is 0 Å². The molecule has 2 N–H and O–H groups in total. The topological polar surface area (TPSA) is 66.3 Å². The molecule has 30 heavy (non-hydrogen) atoms. The Morgan fingerprint density at radius 1 is 1.23 bits per heavy atom. The smallest absolute Gasteiger partial charge is 0.194 e. The summed E-state index contributed by atoms with van der Waals surface area (Å²) in [6, 6.07) is 12.2. The lowest BCUT2D eigenvalue weighted by Crippen LogP contribution is -2.40. The molecule has 0 radical (unpaired) electrons. The summed E-state index contributed by atoms with van der Waals surface area (Å²) >= 11 is 0. The highest BCUT2D eigenvalue weighted by molar-refractivity contribution is 5.80. The van der Waals surface area contributed by atoms with Crippen LogP contribution in [0.3, 0.4) is 0 Å². The maximum Gasteiger partial charge on any atom is 0.194 e. The molecule has 162 valence electrons. The van der Waals surface area contributed by atoms with Crippen molar-refractivity contribution in [1.82, 2.24) is 10.2 Å². The van der Waals surface area contributed by atoms with E-state index in [0.29, 0.717) is 12.5 Å². The molecular weight excluding hydrogens is 385 g/mol. The Labute approximate surface area is 177 Å². The molecule has 0 bridgehead atoms. The van der Waals surface area contributed by atoms with Gasteiger partial charge in [-0.2, -0.15) is 0 Å². The molecular formula is C23H30FN3O3. The third kappa shape index (κ3) is 5.21. The molecule has 3 rings (SSSR count). The normalized spacial score (nSPS) is 17.7. The Hall–Kier alpha value is -2.80. The monoisotopic (exact) mass is 415 g/mol. The number of likely N-dealkylation sites (tertiary alicyclic amines) is 1. The number of guanidine groups is 1. The Morgan fingerprint density at radius 2 is 1.93 bits per heavy atom. The molecule has 2 aromatic rings. The highest BCUT2D eigenvalue weighted by atomic mass is 19.1. The zero-order chi connectivity index (χ0) is 21.5. The van der Waals surface area contributed by atoms with Crippen LogP contribution in [0.1, 0.15) is 36.5 Å². The van der Waals surface area contributed by atoms with Crippen LogP contribution >= 0.6 is 0 Å². The molecule has 1 heterocycles. The van der Waals surface area contributed by atoms with Crippen LogP contribution in [0.5, 0.6) is 11.5 Å². The lowest BCUT2D eigenvalue weighted by atomic mass is 9.98. The van der Waals surface area contributed by atoms with Gasteiger partial charge in [0.05, 0.1) is 20.8 Å². The first-order chi connectivity index (χ1) is 14.5. The first-order valence-corrected chi connectivity index (χ1v) is 10.2. The maximum atomic E-state index is 13.9. The van der Waals surface area contributed by atoms with Gasteiger partial charge in [0, 0.05) is 37.2 Å². The van der Waals surface area contributed by atoms with Gasteiger partial charge in [-0.3, -0.25) is 4.99 Å². The molecule has 2 atom stereocenters. The number of hydrogen-bond acceptors (Lipinski definition) is 4. The second-order valence-corrected chi connectivity index (χ2v) is 7.31. The Kier molecular flexibility index (Phi) is 7.52. The van der Waals surface area contributed by atoms with Gasteiger partial charge >= 0.3 is 0 Å². The molecule has 1 fully saturated rings. The Balaban J connectivity index is 1.72. The van der Waals surface area contributed by atoms with Gasteiger partial charge in [-0.1, -0.05) is 18.2 Å². The molecule has 1 aliphatic heterocycles. The van der Waals surface area contributed by atoms with Crippen LogP contribution in [0, 0.1) is 5.82 Å². The number of methoxy groups -OCH3 is 2. The summed E-state index contributed by atoms with van der Waals surface area (Å²) in [5.74, 6) is 2.17. The van der Waals surface area contributed by atoms with Crippen molar-refractivity contribution in [2.45, 2.75) is 25.4 Å². The van der Waals surface area contributed by atoms with E-state index in [2.05, 4.69) is 15.2 Å².